The van der Waals surface area contributed by atoms with Gasteiger partial charge in [-0.1, -0.05) is 110 Å². The maximum atomic E-state index is 11.7. The first-order chi connectivity index (χ1) is 23.9. The van der Waals surface area contributed by atoms with Crippen LogP contribution in [0.15, 0.2) is 84.8 Å². The fourth-order valence-electron chi connectivity index (χ4n) is 7.11. The molecule has 6 rings (SSSR count). The summed E-state index contributed by atoms with van der Waals surface area (Å²) in [4.78, 5) is 16.6. The van der Waals surface area contributed by atoms with Crippen molar-refractivity contribution in [3.63, 3.8) is 0 Å². The van der Waals surface area contributed by atoms with Gasteiger partial charge < -0.3 is 5.11 Å². The van der Waals surface area contributed by atoms with Gasteiger partial charge in [0.25, 0.3) is 0 Å². The number of carbonyl (C=O) groups excluding carboxylic acids is 1. The molecule has 0 amide bonds. The molecule has 0 aliphatic carbocycles. The average molecular weight is 877 g/mol. The Morgan fingerprint density at radius 2 is 1.53 bits per heavy atom. The van der Waals surface area contributed by atoms with Crippen molar-refractivity contribution in [3.8, 4) is 11.3 Å². The van der Waals surface area contributed by atoms with Gasteiger partial charge in [-0.25, -0.2) is 0 Å². The molecule has 0 saturated heterocycles. The summed E-state index contributed by atoms with van der Waals surface area (Å²) in [6.45, 7) is 19.5. The number of aliphatic hydroxyl groups is 1. The average Bonchev–Trinajstić information content (AvgIpc) is 3.45. The molecule has 0 aliphatic rings. The zero-order chi connectivity index (χ0) is 36.2. The van der Waals surface area contributed by atoms with E-state index in [0.717, 1.165) is 48.7 Å². The van der Waals surface area contributed by atoms with Crippen molar-refractivity contribution in [1.29, 1.82) is 0 Å². The molecule has 2 aromatic heterocycles. The molecule has 2 heterocycles. The molecule has 4 aromatic carbocycles. The van der Waals surface area contributed by atoms with E-state index in [-0.39, 0.29) is 48.9 Å². The number of aromatic nitrogens is 1. The molecule has 0 unspecified atom stereocenters. The van der Waals surface area contributed by atoms with E-state index in [0.29, 0.717) is 5.92 Å². The van der Waals surface area contributed by atoms with E-state index < -0.39 is 0 Å². The first kappa shape index (κ1) is 40.4. The van der Waals surface area contributed by atoms with Crippen molar-refractivity contribution in [2.24, 2.45) is 17.8 Å². The van der Waals surface area contributed by atoms with Gasteiger partial charge in [0.2, 0.25) is 0 Å². The molecule has 3 nitrogen and oxygen atoms in total. The van der Waals surface area contributed by atoms with Crippen molar-refractivity contribution in [2.45, 2.75) is 99.8 Å². The number of hydrogen-bond acceptors (Lipinski definition) is 4. The Bertz CT molecular complexity index is 2140. The van der Waals surface area contributed by atoms with Crippen LogP contribution in [0.25, 0.3) is 53.0 Å². The minimum atomic E-state index is 0. The number of ketones is 1. The van der Waals surface area contributed by atoms with Crippen LogP contribution in [-0.2, 0) is 36.7 Å². The number of hydrogen-bond donors (Lipinski definition) is 1. The molecule has 0 fully saturated rings. The Kier molecular flexibility index (Phi) is 13.8. The zero-order valence-electron chi connectivity index (χ0n) is 31.8. The first-order valence-electron chi connectivity index (χ1n) is 18.5. The van der Waals surface area contributed by atoms with Gasteiger partial charge in [-0.3, -0.25) is 9.78 Å². The minimum absolute atomic E-state index is 0. The topological polar surface area (TPSA) is 50.2 Å². The normalized spacial score (nSPS) is 12.3. The predicted octanol–water partition coefficient (Wildman–Crippen LogP) is 13.6. The van der Waals surface area contributed by atoms with Crippen LogP contribution in [0, 0.1) is 23.8 Å². The molecular weight excluding hydrogens is 823 g/mol. The van der Waals surface area contributed by atoms with Gasteiger partial charge in [0.1, 0.15) is 0 Å². The van der Waals surface area contributed by atoms with E-state index in [2.05, 4.69) is 107 Å². The van der Waals surface area contributed by atoms with Crippen LogP contribution in [0.1, 0.15) is 99.1 Å². The molecule has 51 heavy (non-hydrogen) atoms. The van der Waals surface area contributed by atoms with E-state index in [1.807, 2.05) is 45.2 Å². The van der Waals surface area contributed by atoms with Crippen LogP contribution in [0.3, 0.4) is 0 Å². The Hall–Kier alpha value is -3.37. The van der Waals surface area contributed by atoms with E-state index in [1.54, 1.807) is 0 Å². The summed E-state index contributed by atoms with van der Waals surface area (Å²) in [6.07, 6.45) is 7.97. The van der Waals surface area contributed by atoms with Crippen LogP contribution >= 0.6 is 11.3 Å². The Morgan fingerprint density at radius 3 is 2.18 bits per heavy atom. The number of allylic oxidation sites excluding steroid dienone is 2. The summed E-state index contributed by atoms with van der Waals surface area (Å²) < 4.78 is 2.57. The maximum absolute atomic E-state index is 11.7. The van der Waals surface area contributed by atoms with Crippen LogP contribution < -0.4 is 0 Å². The van der Waals surface area contributed by atoms with Crippen molar-refractivity contribution in [1.82, 2.24) is 4.98 Å². The quantitative estimate of drug-likeness (QED) is 0.0847. The zero-order valence-corrected chi connectivity index (χ0v) is 35.0. The Balaban J connectivity index is 0.000000312. The second kappa shape index (κ2) is 17.4. The number of carbonyl (C=O) groups is 1. The molecule has 5 heteroatoms. The number of rotatable bonds is 10. The van der Waals surface area contributed by atoms with E-state index in [1.165, 1.54) is 53.5 Å². The van der Waals surface area contributed by atoms with Crippen LogP contribution in [-0.4, -0.2) is 15.9 Å². The number of benzene rings is 4. The van der Waals surface area contributed by atoms with Gasteiger partial charge >= 0.3 is 0 Å². The molecule has 0 bridgehead atoms. The van der Waals surface area contributed by atoms with Crippen molar-refractivity contribution in [2.75, 3.05) is 0 Å². The van der Waals surface area contributed by atoms with Gasteiger partial charge in [0.05, 0.1) is 5.76 Å². The van der Waals surface area contributed by atoms with Crippen LogP contribution in [0.4, 0.5) is 0 Å². The fourth-order valence-corrected chi connectivity index (χ4v) is 8.33. The van der Waals surface area contributed by atoms with Crippen molar-refractivity contribution >= 4 is 58.8 Å². The van der Waals surface area contributed by atoms with Crippen molar-refractivity contribution < 1.29 is 30.0 Å². The van der Waals surface area contributed by atoms with Gasteiger partial charge in [0.15, 0.2) is 5.78 Å². The molecule has 271 valence electrons. The molecule has 1 N–H and O–H groups in total. The number of thiophene rings is 1. The summed E-state index contributed by atoms with van der Waals surface area (Å²) in [5, 5.41) is 17.5. The molecule has 1 radical (unpaired) electrons. The number of fused-ring (bicyclic) bond motifs is 5. The third-order valence-electron chi connectivity index (χ3n) is 10.0. The van der Waals surface area contributed by atoms with Crippen LogP contribution in [0.5, 0.6) is 0 Å². The number of aliphatic hydroxyl groups excluding tert-OH is 1. The summed E-state index contributed by atoms with van der Waals surface area (Å²) in [6, 6.07) is 28.3. The van der Waals surface area contributed by atoms with Gasteiger partial charge in [-0.05, 0) is 83.4 Å². The summed E-state index contributed by atoms with van der Waals surface area (Å²) in [7, 11) is 0. The molecule has 0 spiro atoms. The van der Waals surface area contributed by atoms with E-state index >= 15 is 0 Å². The van der Waals surface area contributed by atoms with Gasteiger partial charge in [-0.15, -0.1) is 40.5 Å². The second-order valence-electron chi connectivity index (χ2n) is 15.1. The van der Waals surface area contributed by atoms with Gasteiger partial charge in [0, 0.05) is 64.7 Å². The maximum Gasteiger partial charge on any atom is 0.162 e. The van der Waals surface area contributed by atoms with E-state index in [4.69, 9.17) is 4.98 Å². The smallest absolute Gasteiger partial charge is 0.162 e. The fraction of sp³-hybridized carbons (Fsp3) is 0.391. The monoisotopic (exact) mass is 877 g/mol. The van der Waals surface area contributed by atoms with Crippen molar-refractivity contribution in [3.05, 3.63) is 102 Å². The molecule has 0 aliphatic heterocycles. The Morgan fingerprint density at radius 1 is 0.843 bits per heavy atom. The molecular formula is C46H54IrNO2S-. The van der Waals surface area contributed by atoms with Gasteiger partial charge in [-0.2, -0.15) is 0 Å². The second-order valence-corrected chi connectivity index (χ2v) is 16.2. The van der Waals surface area contributed by atoms with E-state index in [9.17, 15) is 9.90 Å². The largest absolute Gasteiger partial charge is 0.512 e. The Labute approximate surface area is 322 Å². The summed E-state index contributed by atoms with van der Waals surface area (Å²) >= 11 is 1.86. The number of nitrogens with zero attached hydrogens (tertiary/aromatic N) is 1. The molecule has 0 atom stereocenters. The summed E-state index contributed by atoms with van der Waals surface area (Å²) in [5.41, 5.74) is 4.92. The third-order valence-corrected chi connectivity index (χ3v) is 11.2. The summed E-state index contributed by atoms with van der Waals surface area (Å²) in [5.74, 6) is 1.18. The number of pyridine rings is 1. The standard InChI is InChI=1S/C33H30NS.C13H24O2.Ir/c1-20(2)15-21-10-8-11-23-17-28-26-13-14-34-31(32(26)35-30(28)19-27(21)23)24-16-22-9-6-7-12-25(22)29(18-24)33(3,4)5;1-5-10(6-2)12(14)9-13(15)11(7-3)8-4;/h6-14,17-20H,15H2,1-5H3;9-11,14H,5-8H2,1-4H3;/q-1;;/b;12-9-;. The third kappa shape index (κ3) is 8.99. The first-order valence-corrected chi connectivity index (χ1v) is 19.3. The van der Waals surface area contributed by atoms with Crippen LogP contribution in [0.2, 0.25) is 0 Å². The molecule has 6 aromatic rings. The minimum Gasteiger partial charge on any atom is -0.512 e. The SMILES string of the molecule is CC(C)Cc1cccc2cc3c(cc12)sc1c(-c2[c-]c4ccccc4c(C(C)(C)C)c2)nccc13.CCC(CC)C(=O)/C=C(\O)C(CC)CC.[Ir]. The molecule has 0 saturated carbocycles. The predicted molar refractivity (Wildman–Crippen MR) is 218 cm³/mol.